The molecule has 0 saturated heterocycles. The third-order valence-electron chi connectivity index (χ3n) is 5.79. The Morgan fingerprint density at radius 1 is 1.07 bits per heavy atom. The summed E-state index contributed by atoms with van der Waals surface area (Å²) in [5.74, 6) is 1.55. The van der Waals surface area contributed by atoms with Crippen LogP contribution in [0, 0.1) is 13.8 Å². The van der Waals surface area contributed by atoms with E-state index < -0.39 is 0 Å². The number of aromatic nitrogens is 1. The van der Waals surface area contributed by atoms with E-state index in [0.717, 1.165) is 16.8 Å². The molecule has 0 spiro atoms. The number of ether oxygens (including phenoxy) is 2. The molecule has 0 amide bonds. The highest BCUT2D eigenvalue weighted by molar-refractivity contribution is 5.99. The first-order chi connectivity index (χ1) is 13.5. The summed E-state index contributed by atoms with van der Waals surface area (Å²) in [6.45, 7) is 5.13. The van der Waals surface area contributed by atoms with E-state index in [4.69, 9.17) is 9.47 Å². The Kier molecular flexibility index (Phi) is 6.79. The maximum Gasteiger partial charge on any atom is 0.178 e. The van der Waals surface area contributed by atoms with Crippen LogP contribution in [-0.2, 0) is 6.54 Å². The van der Waals surface area contributed by atoms with Gasteiger partial charge in [0, 0.05) is 29.5 Å². The second-order valence-corrected chi connectivity index (χ2v) is 7.66. The van der Waals surface area contributed by atoms with Gasteiger partial charge >= 0.3 is 0 Å². The minimum atomic E-state index is 0.149. The van der Waals surface area contributed by atoms with Crippen molar-refractivity contribution in [1.82, 2.24) is 9.88 Å². The van der Waals surface area contributed by atoms with Gasteiger partial charge in [-0.1, -0.05) is 25.3 Å². The van der Waals surface area contributed by atoms with Gasteiger partial charge < -0.3 is 19.4 Å². The van der Waals surface area contributed by atoms with Crippen molar-refractivity contribution in [3.63, 3.8) is 0 Å². The Bertz CT molecular complexity index is 819. The van der Waals surface area contributed by atoms with Crippen molar-refractivity contribution >= 4 is 5.78 Å². The monoisotopic (exact) mass is 384 g/mol. The molecular formula is C23H32N2O3. The molecule has 152 valence electrons. The predicted octanol–water partition coefficient (Wildman–Crippen LogP) is 4.60. The predicted molar refractivity (Wildman–Crippen MR) is 112 cm³/mol. The number of benzene rings is 1. The number of aryl methyl sites for hydroxylation is 1. The van der Waals surface area contributed by atoms with Gasteiger partial charge in [-0.2, -0.15) is 0 Å². The van der Waals surface area contributed by atoms with E-state index in [1.54, 1.807) is 14.2 Å². The fourth-order valence-corrected chi connectivity index (χ4v) is 4.37. The maximum absolute atomic E-state index is 12.8. The standard InChI is InChI=1S/C23H32N2O3/c1-16-12-20(17(2)25(16)19-8-6-5-7-9-19)21(26)15-24-14-18-10-11-22(27-3)23(13-18)28-4/h10-13,19,24H,5-9,14-15H2,1-4H3. The quantitative estimate of drug-likeness (QED) is 0.676. The number of carbonyl (C=O) groups is 1. The fourth-order valence-electron chi connectivity index (χ4n) is 4.37. The number of methoxy groups -OCH3 is 2. The lowest BCUT2D eigenvalue weighted by Crippen LogP contribution is -2.23. The Labute approximate surface area is 168 Å². The summed E-state index contributed by atoms with van der Waals surface area (Å²) in [4.78, 5) is 12.8. The van der Waals surface area contributed by atoms with Gasteiger partial charge in [0.15, 0.2) is 17.3 Å². The van der Waals surface area contributed by atoms with Crippen LogP contribution in [-0.4, -0.2) is 31.1 Å². The molecule has 1 aromatic carbocycles. The zero-order valence-electron chi connectivity index (χ0n) is 17.5. The molecule has 2 aromatic rings. The van der Waals surface area contributed by atoms with Crippen LogP contribution < -0.4 is 14.8 Å². The first-order valence-corrected chi connectivity index (χ1v) is 10.2. The average Bonchev–Trinajstić information content (AvgIpc) is 3.02. The minimum Gasteiger partial charge on any atom is -0.493 e. The van der Waals surface area contributed by atoms with E-state index >= 15 is 0 Å². The highest BCUT2D eigenvalue weighted by Crippen LogP contribution is 2.32. The number of ketones is 1. The van der Waals surface area contributed by atoms with Crippen molar-refractivity contribution < 1.29 is 14.3 Å². The molecule has 0 unspecified atom stereocenters. The van der Waals surface area contributed by atoms with E-state index in [1.165, 1.54) is 37.8 Å². The first kappa shape index (κ1) is 20.5. The first-order valence-electron chi connectivity index (χ1n) is 10.2. The third kappa shape index (κ3) is 4.41. The van der Waals surface area contributed by atoms with Crippen LogP contribution in [0.4, 0.5) is 0 Å². The Morgan fingerprint density at radius 2 is 1.79 bits per heavy atom. The number of hydrogen-bond acceptors (Lipinski definition) is 4. The zero-order chi connectivity index (χ0) is 20.1. The van der Waals surface area contributed by atoms with E-state index in [1.807, 2.05) is 18.2 Å². The van der Waals surface area contributed by atoms with E-state index in [0.29, 0.717) is 30.6 Å². The van der Waals surface area contributed by atoms with E-state index in [9.17, 15) is 4.79 Å². The Morgan fingerprint density at radius 3 is 2.46 bits per heavy atom. The molecule has 1 aliphatic carbocycles. The third-order valence-corrected chi connectivity index (χ3v) is 5.79. The Hall–Kier alpha value is -2.27. The molecule has 0 atom stereocenters. The molecule has 1 fully saturated rings. The lowest BCUT2D eigenvalue weighted by atomic mass is 9.95. The highest BCUT2D eigenvalue weighted by atomic mass is 16.5. The van der Waals surface area contributed by atoms with Crippen molar-refractivity contribution in [2.45, 2.75) is 58.5 Å². The molecule has 3 rings (SSSR count). The molecular weight excluding hydrogens is 352 g/mol. The molecule has 1 heterocycles. The molecule has 5 nitrogen and oxygen atoms in total. The molecule has 0 aliphatic heterocycles. The van der Waals surface area contributed by atoms with Crippen LogP contribution in [0.2, 0.25) is 0 Å². The molecule has 1 saturated carbocycles. The molecule has 0 radical (unpaired) electrons. The van der Waals surface area contributed by atoms with Gasteiger partial charge in [0.25, 0.3) is 0 Å². The lowest BCUT2D eigenvalue weighted by molar-refractivity contribution is 0.0990. The summed E-state index contributed by atoms with van der Waals surface area (Å²) in [6, 6.07) is 8.41. The van der Waals surface area contributed by atoms with Gasteiger partial charge in [-0.3, -0.25) is 4.79 Å². The molecule has 28 heavy (non-hydrogen) atoms. The van der Waals surface area contributed by atoms with Gasteiger partial charge in [-0.15, -0.1) is 0 Å². The topological polar surface area (TPSA) is 52.5 Å². The highest BCUT2D eigenvalue weighted by Gasteiger charge is 2.22. The lowest BCUT2D eigenvalue weighted by Gasteiger charge is -2.26. The van der Waals surface area contributed by atoms with Crippen molar-refractivity contribution in [2.24, 2.45) is 0 Å². The van der Waals surface area contributed by atoms with Gasteiger partial charge in [-0.05, 0) is 50.5 Å². The van der Waals surface area contributed by atoms with Crippen LogP contribution in [0.15, 0.2) is 24.3 Å². The van der Waals surface area contributed by atoms with Crippen LogP contribution >= 0.6 is 0 Å². The van der Waals surface area contributed by atoms with Gasteiger partial charge in [-0.25, -0.2) is 0 Å². The van der Waals surface area contributed by atoms with Gasteiger partial charge in [0.1, 0.15) is 0 Å². The van der Waals surface area contributed by atoms with Gasteiger partial charge in [0.05, 0.1) is 20.8 Å². The van der Waals surface area contributed by atoms with E-state index in [2.05, 4.69) is 29.8 Å². The minimum absolute atomic E-state index is 0.149. The zero-order valence-corrected chi connectivity index (χ0v) is 17.5. The summed E-state index contributed by atoms with van der Waals surface area (Å²) in [7, 11) is 3.25. The molecule has 5 heteroatoms. The summed E-state index contributed by atoms with van der Waals surface area (Å²) in [5, 5.41) is 3.27. The number of Topliss-reactive ketones (excluding diaryl/α,β-unsaturated/α-hetero) is 1. The van der Waals surface area contributed by atoms with Crippen molar-refractivity contribution in [3.8, 4) is 11.5 Å². The molecule has 0 bridgehead atoms. The fraction of sp³-hybridized carbons (Fsp3) is 0.522. The maximum atomic E-state index is 12.8. The number of carbonyl (C=O) groups excluding carboxylic acids is 1. The molecule has 1 aromatic heterocycles. The average molecular weight is 385 g/mol. The smallest absolute Gasteiger partial charge is 0.178 e. The van der Waals surface area contributed by atoms with Crippen LogP contribution in [0.3, 0.4) is 0 Å². The SMILES string of the molecule is COc1ccc(CNCC(=O)c2cc(C)n(C3CCCCC3)c2C)cc1OC. The number of rotatable bonds is 8. The Balaban J connectivity index is 1.62. The molecule has 1 aliphatic rings. The second kappa shape index (κ2) is 9.28. The van der Waals surface area contributed by atoms with Crippen molar-refractivity contribution in [1.29, 1.82) is 0 Å². The summed E-state index contributed by atoms with van der Waals surface area (Å²) >= 11 is 0. The van der Waals surface area contributed by atoms with Crippen LogP contribution in [0.25, 0.3) is 0 Å². The van der Waals surface area contributed by atoms with Crippen molar-refractivity contribution in [3.05, 3.63) is 46.8 Å². The number of hydrogen-bond donors (Lipinski definition) is 1. The number of nitrogens with zero attached hydrogens (tertiary/aromatic N) is 1. The normalized spacial score (nSPS) is 14.9. The summed E-state index contributed by atoms with van der Waals surface area (Å²) < 4.78 is 13.0. The second-order valence-electron chi connectivity index (χ2n) is 7.66. The van der Waals surface area contributed by atoms with Gasteiger partial charge in [0.2, 0.25) is 0 Å². The number of nitrogens with one attached hydrogen (secondary N) is 1. The van der Waals surface area contributed by atoms with E-state index in [-0.39, 0.29) is 5.78 Å². The largest absolute Gasteiger partial charge is 0.493 e. The summed E-state index contributed by atoms with van der Waals surface area (Å²) in [6.07, 6.45) is 6.36. The van der Waals surface area contributed by atoms with Crippen molar-refractivity contribution in [2.75, 3.05) is 20.8 Å². The molecule has 1 N–H and O–H groups in total. The van der Waals surface area contributed by atoms with Crippen LogP contribution in [0.5, 0.6) is 11.5 Å². The summed E-state index contributed by atoms with van der Waals surface area (Å²) in [5.41, 5.74) is 4.22. The van der Waals surface area contributed by atoms with Crippen LogP contribution in [0.1, 0.15) is 65.5 Å².